The van der Waals surface area contributed by atoms with Gasteiger partial charge in [0.15, 0.2) is 0 Å². The number of methoxy groups -OCH3 is 2. The van der Waals surface area contributed by atoms with Crippen molar-refractivity contribution in [3.63, 3.8) is 0 Å². The standard InChI is InChI=1S/C26H22ClNO5/c1-15-13-19(25(33-3)20(27)14-15)23(29)21-22(16-9-11-18(32-2)12-10-16)28(26(31)24(21)30)17-7-5-4-6-8-17/h4-14,22,29H,1-3H3/b23-21+. The summed E-state index contributed by atoms with van der Waals surface area (Å²) in [5, 5.41) is 11.7. The molecule has 1 heterocycles. The van der Waals surface area contributed by atoms with Crippen LogP contribution in [0.1, 0.15) is 22.7 Å². The molecule has 3 aromatic carbocycles. The second-order valence-corrected chi connectivity index (χ2v) is 8.01. The van der Waals surface area contributed by atoms with Gasteiger partial charge in [-0.1, -0.05) is 41.9 Å². The number of anilines is 1. The molecule has 0 spiro atoms. The van der Waals surface area contributed by atoms with Gasteiger partial charge in [-0.3, -0.25) is 14.5 Å². The number of carbonyl (C=O) groups is 2. The largest absolute Gasteiger partial charge is 0.507 e. The summed E-state index contributed by atoms with van der Waals surface area (Å²) in [5.74, 6) is -1.03. The zero-order valence-corrected chi connectivity index (χ0v) is 19.1. The maximum absolute atomic E-state index is 13.3. The van der Waals surface area contributed by atoms with E-state index in [0.29, 0.717) is 17.0 Å². The Morgan fingerprint density at radius 3 is 2.24 bits per heavy atom. The summed E-state index contributed by atoms with van der Waals surface area (Å²) >= 11 is 6.33. The zero-order chi connectivity index (χ0) is 23.7. The number of ether oxygens (including phenoxy) is 2. The minimum absolute atomic E-state index is 0.0472. The fraction of sp³-hybridized carbons (Fsp3) is 0.154. The molecule has 33 heavy (non-hydrogen) atoms. The monoisotopic (exact) mass is 463 g/mol. The summed E-state index contributed by atoms with van der Waals surface area (Å²) in [4.78, 5) is 27.9. The normalized spacial score (nSPS) is 17.3. The topological polar surface area (TPSA) is 76.1 Å². The van der Waals surface area contributed by atoms with E-state index in [1.807, 2.05) is 13.0 Å². The van der Waals surface area contributed by atoms with Crippen molar-refractivity contribution in [1.82, 2.24) is 0 Å². The average molecular weight is 464 g/mol. The molecule has 6 nitrogen and oxygen atoms in total. The summed E-state index contributed by atoms with van der Waals surface area (Å²) in [7, 11) is 2.98. The highest BCUT2D eigenvalue weighted by molar-refractivity contribution is 6.51. The van der Waals surface area contributed by atoms with E-state index in [1.165, 1.54) is 12.0 Å². The van der Waals surface area contributed by atoms with Crippen LogP contribution in [0.15, 0.2) is 72.3 Å². The second-order valence-electron chi connectivity index (χ2n) is 7.61. The lowest BCUT2D eigenvalue weighted by molar-refractivity contribution is -0.132. The number of hydrogen-bond acceptors (Lipinski definition) is 5. The van der Waals surface area contributed by atoms with Crippen LogP contribution >= 0.6 is 11.6 Å². The van der Waals surface area contributed by atoms with Crippen LogP contribution in [0.25, 0.3) is 5.76 Å². The molecule has 0 aliphatic carbocycles. The predicted octanol–water partition coefficient (Wildman–Crippen LogP) is 5.29. The number of carbonyl (C=O) groups excluding carboxylic acids is 2. The third kappa shape index (κ3) is 3.94. The number of Topliss-reactive ketones (excluding diaryl/α,β-unsaturated/α-hetero) is 1. The molecule has 1 saturated heterocycles. The van der Waals surface area contributed by atoms with Crippen LogP contribution in [-0.4, -0.2) is 31.0 Å². The smallest absolute Gasteiger partial charge is 0.300 e. The van der Waals surface area contributed by atoms with Gasteiger partial charge >= 0.3 is 0 Å². The number of aliphatic hydroxyl groups excluding tert-OH is 1. The molecule has 4 rings (SSSR count). The van der Waals surface area contributed by atoms with E-state index in [-0.39, 0.29) is 27.7 Å². The van der Waals surface area contributed by atoms with Gasteiger partial charge in [-0.15, -0.1) is 0 Å². The number of halogens is 1. The number of nitrogens with zero attached hydrogens (tertiary/aromatic N) is 1. The molecule has 1 aliphatic heterocycles. The van der Waals surface area contributed by atoms with Gasteiger partial charge in [0.05, 0.1) is 36.4 Å². The number of ketones is 1. The summed E-state index contributed by atoms with van der Waals surface area (Å²) < 4.78 is 10.6. The number of benzene rings is 3. The van der Waals surface area contributed by atoms with Gasteiger partial charge in [-0.05, 0) is 54.4 Å². The maximum atomic E-state index is 13.3. The first kappa shape index (κ1) is 22.4. The van der Waals surface area contributed by atoms with Crippen LogP contribution in [0.2, 0.25) is 5.02 Å². The van der Waals surface area contributed by atoms with E-state index in [1.54, 1.807) is 67.8 Å². The number of para-hydroxylation sites is 1. The number of amides is 1. The Labute approximate surface area is 196 Å². The molecule has 7 heteroatoms. The predicted molar refractivity (Wildman–Crippen MR) is 127 cm³/mol. The Morgan fingerprint density at radius 1 is 0.970 bits per heavy atom. The van der Waals surface area contributed by atoms with Crippen molar-refractivity contribution >= 4 is 34.7 Å². The Kier molecular flexibility index (Phi) is 6.11. The SMILES string of the molecule is COc1ccc(C2/C(=C(\O)c3cc(C)cc(Cl)c3OC)C(=O)C(=O)N2c2ccccc2)cc1. The molecule has 0 saturated carbocycles. The van der Waals surface area contributed by atoms with Crippen molar-refractivity contribution in [2.75, 3.05) is 19.1 Å². The molecule has 1 fully saturated rings. The number of aryl methyl sites for hydroxylation is 1. The quantitative estimate of drug-likeness (QED) is 0.316. The van der Waals surface area contributed by atoms with E-state index in [9.17, 15) is 14.7 Å². The molecular weight excluding hydrogens is 442 g/mol. The van der Waals surface area contributed by atoms with Crippen molar-refractivity contribution in [3.8, 4) is 11.5 Å². The van der Waals surface area contributed by atoms with Gasteiger partial charge in [0.1, 0.15) is 17.3 Å². The molecule has 1 unspecified atom stereocenters. The zero-order valence-electron chi connectivity index (χ0n) is 18.3. The first-order valence-electron chi connectivity index (χ1n) is 10.2. The van der Waals surface area contributed by atoms with Crippen molar-refractivity contribution in [2.45, 2.75) is 13.0 Å². The Balaban J connectivity index is 1.99. The fourth-order valence-electron chi connectivity index (χ4n) is 4.05. The van der Waals surface area contributed by atoms with Gasteiger partial charge in [0, 0.05) is 5.69 Å². The van der Waals surface area contributed by atoms with E-state index in [4.69, 9.17) is 21.1 Å². The molecular formula is C26H22ClNO5. The van der Waals surface area contributed by atoms with Crippen LogP contribution in [0.3, 0.4) is 0 Å². The number of rotatable bonds is 5. The number of aliphatic hydroxyl groups is 1. The Morgan fingerprint density at radius 2 is 1.64 bits per heavy atom. The van der Waals surface area contributed by atoms with Crippen LogP contribution in [-0.2, 0) is 9.59 Å². The van der Waals surface area contributed by atoms with E-state index in [0.717, 1.165) is 5.56 Å². The molecule has 3 aromatic rings. The van der Waals surface area contributed by atoms with Gasteiger partial charge < -0.3 is 14.6 Å². The first-order valence-corrected chi connectivity index (χ1v) is 10.6. The Bertz CT molecular complexity index is 1250. The third-order valence-corrected chi connectivity index (χ3v) is 5.84. The second kappa shape index (κ2) is 9.00. The summed E-state index contributed by atoms with van der Waals surface area (Å²) in [6.45, 7) is 1.81. The first-order chi connectivity index (χ1) is 15.9. The van der Waals surface area contributed by atoms with Crippen LogP contribution in [0.4, 0.5) is 5.69 Å². The van der Waals surface area contributed by atoms with Crippen LogP contribution < -0.4 is 14.4 Å². The molecule has 0 bridgehead atoms. The van der Waals surface area contributed by atoms with Crippen molar-refractivity contribution in [3.05, 3.63) is 94.0 Å². The highest BCUT2D eigenvalue weighted by Gasteiger charge is 2.47. The van der Waals surface area contributed by atoms with Gasteiger partial charge in [0.2, 0.25) is 0 Å². The summed E-state index contributed by atoms with van der Waals surface area (Å²) in [5.41, 5.74) is 2.13. The number of hydrogen-bond donors (Lipinski definition) is 1. The lowest BCUT2D eigenvalue weighted by Gasteiger charge is -2.25. The summed E-state index contributed by atoms with van der Waals surface area (Å²) in [6.07, 6.45) is 0. The molecule has 1 aliphatic rings. The van der Waals surface area contributed by atoms with E-state index >= 15 is 0 Å². The lowest BCUT2D eigenvalue weighted by atomic mass is 9.94. The van der Waals surface area contributed by atoms with Gasteiger partial charge in [0.25, 0.3) is 11.7 Å². The fourth-order valence-corrected chi connectivity index (χ4v) is 4.40. The molecule has 1 amide bonds. The van der Waals surface area contributed by atoms with Crippen molar-refractivity contribution < 1.29 is 24.2 Å². The molecule has 0 radical (unpaired) electrons. The minimum atomic E-state index is -0.859. The van der Waals surface area contributed by atoms with E-state index in [2.05, 4.69) is 0 Å². The van der Waals surface area contributed by atoms with E-state index < -0.39 is 17.7 Å². The van der Waals surface area contributed by atoms with Crippen LogP contribution in [0.5, 0.6) is 11.5 Å². The van der Waals surface area contributed by atoms with Crippen molar-refractivity contribution in [2.24, 2.45) is 0 Å². The van der Waals surface area contributed by atoms with Gasteiger partial charge in [-0.2, -0.15) is 0 Å². The van der Waals surface area contributed by atoms with Crippen molar-refractivity contribution in [1.29, 1.82) is 0 Å². The molecule has 0 aromatic heterocycles. The Hall–Kier alpha value is -3.77. The third-order valence-electron chi connectivity index (χ3n) is 5.56. The molecule has 1 N–H and O–H groups in total. The minimum Gasteiger partial charge on any atom is -0.507 e. The highest BCUT2D eigenvalue weighted by atomic mass is 35.5. The molecule has 168 valence electrons. The average Bonchev–Trinajstić information content (AvgIpc) is 3.09. The lowest BCUT2D eigenvalue weighted by Crippen LogP contribution is -2.29. The summed E-state index contributed by atoms with van der Waals surface area (Å²) in [6, 6.07) is 18.4. The van der Waals surface area contributed by atoms with Gasteiger partial charge in [-0.25, -0.2) is 0 Å². The van der Waals surface area contributed by atoms with Crippen LogP contribution in [0, 0.1) is 6.92 Å². The maximum Gasteiger partial charge on any atom is 0.300 e. The highest BCUT2D eigenvalue weighted by Crippen LogP contribution is 2.44. The molecule has 1 atom stereocenters.